The van der Waals surface area contributed by atoms with Gasteiger partial charge in [0.05, 0.1) is 0 Å². The predicted octanol–water partition coefficient (Wildman–Crippen LogP) is 9.02. The second-order valence-electron chi connectivity index (χ2n) is 9.16. The molecule has 0 spiro atoms. The maximum atomic E-state index is 13.5. The van der Waals surface area contributed by atoms with E-state index < -0.39 is 114 Å². The van der Waals surface area contributed by atoms with Crippen LogP contribution in [0.1, 0.15) is 27.7 Å². The molecule has 0 aliphatic rings. The second-order valence-corrected chi connectivity index (χ2v) is 11.3. The molecule has 0 saturated heterocycles. The van der Waals surface area contributed by atoms with Crippen molar-refractivity contribution in [1.82, 2.24) is 0 Å². The number of halogens is 24. The van der Waals surface area contributed by atoms with Crippen LogP contribution in [0, 0.1) is 0 Å². The quantitative estimate of drug-likeness (QED) is 0.181. The Balaban J connectivity index is 0. The van der Waals surface area contributed by atoms with Crippen LogP contribution >= 0.6 is 0 Å². The summed E-state index contributed by atoms with van der Waals surface area (Å²) in [6, 6.07) is 0. The van der Waals surface area contributed by atoms with Crippen LogP contribution in [0.4, 0.5) is 105 Å². The fourth-order valence-corrected chi connectivity index (χ4v) is 6.14. The van der Waals surface area contributed by atoms with Crippen molar-refractivity contribution < 1.29 is 143 Å². The number of rotatable bonds is 8. The molecule has 0 atom stereocenters. The molecule has 0 aromatic heterocycles. The Labute approximate surface area is 257 Å². The molecule has 0 rings (SSSR count). The molecular weight excluding hydrogens is 847 g/mol. The summed E-state index contributed by atoms with van der Waals surface area (Å²) in [6.07, 6.45) is -60.7. The molecule has 0 heterocycles. The molecule has 0 aliphatic heterocycles. The Kier molecular flexibility index (Phi) is 13.1. The van der Waals surface area contributed by atoms with Crippen LogP contribution in [-0.2, 0) is 37.5 Å². The summed E-state index contributed by atoms with van der Waals surface area (Å²) in [5.74, 6) is 0. The maximum absolute atomic E-state index is 13.5. The van der Waals surface area contributed by atoms with Crippen molar-refractivity contribution >= 4 is 14.4 Å². The Morgan fingerprint density at radius 2 is 0.348 bits per heavy atom. The molecule has 0 amide bonds. The van der Waals surface area contributed by atoms with Gasteiger partial charge in [0.25, 0.3) is 0 Å². The van der Waals surface area contributed by atoms with Crippen molar-refractivity contribution in [3.05, 3.63) is 0 Å². The molecule has 0 aromatic rings. The molecule has 0 aromatic carbocycles. The Morgan fingerprint density at radius 1 is 0.261 bits per heavy atom. The number of alkyl halides is 24. The van der Waals surface area contributed by atoms with Gasteiger partial charge in [-0.05, 0) is 27.7 Å². The van der Waals surface area contributed by atoms with Crippen molar-refractivity contribution in [3.8, 4) is 0 Å². The van der Waals surface area contributed by atoms with Gasteiger partial charge in [-0.25, -0.2) is 0 Å². The Morgan fingerprint density at radius 3 is 0.413 bits per heavy atom. The number of hydrogen-bond acceptors (Lipinski definition) is 4. The standard InChI is InChI=1S/4C4H3F6O.Ag.Al/c4*1-2(11,3(5,6)7)4(8,9)10;;/h4*1H3;;/q4*-1;+1;+3. The first-order valence-electron chi connectivity index (χ1n) is 10.3. The minimum atomic E-state index is -10.4. The van der Waals surface area contributed by atoms with Crippen LogP contribution in [0.5, 0.6) is 0 Å². The first kappa shape index (κ1) is 47.5. The first-order chi connectivity index (χ1) is 18.8. The van der Waals surface area contributed by atoms with Gasteiger partial charge in [-0.1, -0.05) is 0 Å². The summed E-state index contributed by atoms with van der Waals surface area (Å²) in [5, 5.41) is 0. The average Bonchev–Trinajstić information content (AvgIpc) is 2.66. The largest absolute Gasteiger partial charge is 1.00 e. The monoisotopic (exact) mass is 858 g/mol. The molecule has 0 unspecified atom stereocenters. The Bertz CT molecular complexity index is 807. The fraction of sp³-hybridized carbons (Fsp3) is 1.00. The van der Waals surface area contributed by atoms with E-state index in [0.717, 1.165) is 0 Å². The minimum Gasteiger partial charge on any atom is -0.569 e. The molecule has 0 radical (unpaired) electrons. The van der Waals surface area contributed by atoms with E-state index in [1.54, 1.807) is 0 Å². The van der Waals surface area contributed by atoms with Crippen LogP contribution in [0.15, 0.2) is 0 Å². The first-order valence-corrected chi connectivity index (χ1v) is 12.2. The molecule has 0 fully saturated rings. The van der Waals surface area contributed by atoms with Crippen LogP contribution in [-0.4, -0.2) is 86.2 Å². The zero-order valence-corrected chi connectivity index (χ0v) is 24.2. The third-order valence-electron chi connectivity index (χ3n) is 5.85. The Hall–Kier alpha value is -0.567. The molecule has 0 aliphatic carbocycles. The van der Waals surface area contributed by atoms with Crippen LogP contribution in [0.25, 0.3) is 0 Å². The third-order valence-corrected chi connectivity index (χ3v) is 8.89. The van der Waals surface area contributed by atoms with Crippen molar-refractivity contribution in [3.63, 3.8) is 0 Å². The average molecular weight is 859 g/mol. The smallest absolute Gasteiger partial charge is 0.569 e. The van der Waals surface area contributed by atoms with E-state index in [1.165, 1.54) is 0 Å². The van der Waals surface area contributed by atoms with E-state index in [1.807, 2.05) is 0 Å². The molecule has 282 valence electrons. The summed E-state index contributed by atoms with van der Waals surface area (Å²) in [7, 11) is 0. The summed E-state index contributed by atoms with van der Waals surface area (Å²) < 4.78 is 335. The third kappa shape index (κ3) is 8.59. The molecular formula is C16H12AgAlF24O4. The molecule has 0 saturated carbocycles. The van der Waals surface area contributed by atoms with Gasteiger partial charge in [0.1, 0.15) is 0 Å². The van der Waals surface area contributed by atoms with Crippen molar-refractivity contribution in [2.75, 3.05) is 0 Å². The van der Waals surface area contributed by atoms with Gasteiger partial charge in [-0.2, -0.15) is 105 Å². The van der Waals surface area contributed by atoms with Crippen molar-refractivity contribution in [2.24, 2.45) is 0 Å². The van der Waals surface area contributed by atoms with Gasteiger partial charge in [-0.15, -0.1) is 0 Å². The number of hydrogen-bond donors (Lipinski definition) is 0. The van der Waals surface area contributed by atoms with Gasteiger partial charge >= 0.3 is 86.2 Å². The molecule has 0 N–H and O–H groups in total. The maximum Gasteiger partial charge on any atom is 1.00 e. The fourth-order valence-electron chi connectivity index (χ4n) is 2.48. The van der Waals surface area contributed by atoms with Gasteiger partial charge < -0.3 is 15.2 Å². The zero-order chi connectivity index (χ0) is 37.3. The van der Waals surface area contributed by atoms with Crippen LogP contribution in [0.2, 0.25) is 0 Å². The van der Waals surface area contributed by atoms with E-state index in [2.05, 4.69) is 15.2 Å². The minimum absolute atomic E-state index is 0. The molecule has 4 nitrogen and oxygen atoms in total. The normalized spacial score (nSPS) is 16.4. The second kappa shape index (κ2) is 12.6. The van der Waals surface area contributed by atoms with Crippen LogP contribution in [0.3, 0.4) is 0 Å². The van der Waals surface area contributed by atoms with Gasteiger partial charge in [0.2, 0.25) is 22.4 Å². The van der Waals surface area contributed by atoms with Gasteiger partial charge in [0.15, 0.2) is 0 Å². The molecule has 0 bridgehead atoms. The summed E-state index contributed by atoms with van der Waals surface area (Å²) in [5.41, 5.74) is -27.6. The predicted molar refractivity (Wildman–Crippen MR) is 92.2 cm³/mol. The van der Waals surface area contributed by atoms with Crippen molar-refractivity contribution in [1.29, 1.82) is 0 Å². The van der Waals surface area contributed by atoms with Gasteiger partial charge in [0, 0.05) is 0 Å². The van der Waals surface area contributed by atoms with E-state index in [4.69, 9.17) is 0 Å². The van der Waals surface area contributed by atoms with Crippen molar-refractivity contribution in [2.45, 2.75) is 99.5 Å². The van der Waals surface area contributed by atoms with E-state index in [0.29, 0.717) is 0 Å². The molecule has 30 heteroatoms. The summed E-state index contributed by atoms with van der Waals surface area (Å²) >= 11 is -10.4. The zero-order valence-electron chi connectivity index (χ0n) is 21.6. The molecule has 46 heavy (non-hydrogen) atoms. The van der Waals surface area contributed by atoms with Gasteiger partial charge in [-0.3, -0.25) is 0 Å². The van der Waals surface area contributed by atoms with E-state index in [-0.39, 0.29) is 22.4 Å². The van der Waals surface area contributed by atoms with E-state index in [9.17, 15) is 105 Å². The SMILES string of the molecule is CC([O][Al-]([O]C(C)(C(F)(F)F)C(F)(F)F)([O]C(C)(C(F)(F)F)C(F)(F)F)[O]C(C)(C(F)(F)F)C(F)(F)F)(C(F)(F)F)C(F)(F)F.[Ag+]. The van der Waals surface area contributed by atoms with Crippen LogP contribution < -0.4 is 0 Å². The topological polar surface area (TPSA) is 36.9 Å². The summed E-state index contributed by atoms with van der Waals surface area (Å²) in [6.45, 7) is -6.75. The van der Waals surface area contributed by atoms with E-state index >= 15 is 0 Å². The summed E-state index contributed by atoms with van der Waals surface area (Å²) in [4.78, 5) is 0.